The minimum Gasteiger partial charge on any atom is -0.375 e. The van der Waals surface area contributed by atoms with Crippen molar-refractivity contribution in [3.63, 3.8) is 0 Å². The second kappa shape index (κ2) is 8.14. The van der Waals surface area contributed by atoms with Gasteiger partial charge >= 0.3 is 0 Å². The molecule has 1 aromatic carbocycles. The Morgan fingerprint density at radius 1 is 1.20 bits per heavy atom. The SMILES string of the molecule is Cl.Nc1ncc(CN(Cc2ccccc2)CC(F)F)s1. The van der Waals surface area contributed by atoms with Crippen molar-refractivity contribution < 1.29 is 8.78 Å². The summed E-state index contributed by atoms with van der Waals surface area (Å²) in [6.45, 7) is 0.670. The third-order valence-electron chi connectivity index (χ3n) is 2.60. The van der Waals surface area contributed by atoms with E-state index in [1.54, 1.807) is 11.1 Å². The van der Waals surface area contributed by atoms with Crippen molar-refractivity contribution in [2.24, 2.45) is 0 Å². The summed E-state index contributed by atoms with van der Waals surface area (Å²) in [5.74, 6) is 0. The Morgan fingerprint density at radius 3 is 2.45 bits per heavy atom. The lowest BCUT2D eigenvalue weighted by Gasteiger charge is -2.21. The van der Waals surface area contributed by atoms with Gasteiger partial charge in [0.05, 0.1) is 6.54 Å². The summed E-state index contributed by atoms with van der Waals surface area (Å²) in [5, 5.41) is 0.465. The number of thiazole rings is 1. The van der Waals surface area contributed by atoms with Crippen LogP contribution < -0.4 is 5.73 Å². The van der Waals surface area contributed by atoms with E-state index in [-0.39, 0.29) is 19.0 Å². The average molecular weight is 320 g/mol. The minimum absolute atomic E-state index is 0. The van der Waals surface area contributed by atoms with Gasteiger partial charge in [0.2, 0.25) is 0 Å². The van der Waals surface area contributed by atoms with Gasteiger partial charge in [-0.15, -0.1) is 23.7 Å². The zero-order valence-electron chi connectivity index (χ0n) is 10.7. The Morgan fingerprint density at radius 2 is 1.90 bits per heavy atom. The normalized spacial score (nSPS) is 10.8. The van der Waals surface area contributed by atoms with Crippen LogP contribution in [-0.2, 0) is 13.1 Å². The van der Waals surface area contributed by atoms with Crippen molar-refractivity contribution >= 4 is 28.9 Å². The molecule has 0 bridgehead atoms. The van der Waals surface area contributed by atoms with Gasteiger partial charge in [0, 0.05) is 24.2 Å². The molecule has 0 saturated carbocycles. The largest absolute Gasteiger partial charge is 0.375 e. The lowest BCUT2D eigenvalue weighted by molar-refractivity contribution is 0.0814. The molecule has 0 fully saturated rings. The molecule has 7 heteroatoms. The topological polar surface area (TPSA) is 42.1 Å². The molecule has 1 heterocycles. The number of rotatable bonds is 6. The third-order valence-corrected chi connectivity index (χ3v) is 3.41. The van der Waals surface area contributed by atoms with Gasteiger partial charge in [0.1, 0.15) is 0 Å². The predicted octanol–water partition coefficient (Wildman–Crippen LogP) is 3.41. The number of nitrogens with two attached hydrogens (primary N) is 1. The summed E-state index contributed by atoms with van der Waals surface area (Å²) in [6, 6.07) is 9.57. The molecule has 20 heavy (non-hydrogen) atoms. The number of nitrogen functional groups attached to an aromatic ring is 1. The fourth-order valence-electron chi connectivity index (χ4n) is 1.84. The second-order valence-corrected chi connectivity index (χ2v) is 5.36. The van der Waals surface area contributed by atoms with Gasteiger partial charge < -0.3 is 5.73 Å². The highest BCUT2D eigenvalue weighted by atomic mass is 35.5. The number of hydrogen-bond acceptors (Lipinski definition) is 4. The molecule has 2 rings (SSSR count). The van der Waals surface area contributed by atoms with E-state index in [2.05, 4.69) is 4.98 Å². The summed E-state index contributed by atoms with van der Waals surface area (Å²) < 4.78 is 25.2. The molecule has 0 aliphatic rings. The third kappa shape index (κ3) is 5.40. The Balaban J connectivity index is 0.00000200. The summed E-state index contributed by atoms with van der Waals surface area (Å²) in [5.41, 5.74) is 6.56. The number of hydrogen-bond donors (Lipinski definition) is 1. The van der Waals surface area contributed by atoms with Gasteiger partial charge in [-0.2, -0.15) is 0 Å². The standard InChI is InChI=1S/C13H15F2N3S.ClH/c14-12(15)9-18(7-10-4-2-1-3-5-10)8-11-6-17-13(16)19-11;/h1-6,12H,7-9H2,(H2,16,17);1H. The molecular formula is C13H16ClF2N3S. The Bertz CT molecular complexity index is 507. The van der Waals surface area contributed by atoms with E-state index >= 15 is 0 Å². The zero-order valence-corrected chi connectivity index (χ0v) is 12.3. The van der Waals surface area contributed by atoms with E-state index in [4.69, 9.17) is 5.73 Å². The van der Waals surface area contributed by atoms with Gasteiger partial charge in [-0.3, -0.25) is 4.90 Å². The van der Waals surface area contributed by atoms with E-state index in [0.717, 1.165) is 10.4 Å². The maximum absolute atomic E-state index is 12.6. The van der Waals surface area contributed by atoms with Crippen molar-refractivity contribution in [3.8, 4) is 0 Å². The van der Waals surface area contributed by atoms with Crippen LogP contribution in [0.15, 0.2) is 36.5 Å². The van der Waals surface area contributed by atoms with Crippen LogP contribution in [0, 0.1) is 0 Å². The van der Waals surface area contributed by atoms with Gasteiger partial charge in [-0.05, 0) is 5.56 Å². The van der Waals surface area contributed by atoms with Crippen molar-refractivity contribution in [1.29, 1.82) is 0 Å². The quantitative estimate of drug-likeness (QED) is 0.887. The van der Waals surface area contributed by atoms with Crippen molar-refractivity contribution in [3.05, 3.63) is 47.0 Å². The lowest BCUT2D eigenvalue weighted by atomic mass is 10.2. The molecule has 0 radical (unpaired) electrons. The highest BCUT2D eigenvalue weighted by Gasteiger charge is 2.14. The molecule has 3 nitrogen and oxygen atoms in total. The molecule has 0 saturated heterocycles. The fourth-order valence-corrected chi connectivity index (χ4v) is 2.56. The van der Waals surface area contributed by atoms with Gasteiger partial charge in [0.25, 0.3) is 6.43 Å². The van der Waals surface area contributed by atoms with Gasteiger partial charge in [0.15, 0.2) is 5.13 Å². The Labute approximate surface area is 126 Å². The number of aromatic nitrogens is 1. The zero-order chi connectivity index (χ0) is 13.7. The van der Waals surface area contributed by atoms with Crippen LogP contribution in [0.3, 0.4) is 0 Å². The van der Waals surface area contributed by atoms with Crippen LogP contribution in [0.25, 0.3) is 0 Å². The first kappa shape index (κ1) is 16.8. The van der Waals surface area contributed by atoms with Crippen molar-refractivity contribution in [2.75, 3.05) is 12.3 Å². The molecule has 0 aliphatic carbocycles. The Hall–Kier alpha value is -1.24. The van der Waals surface area contributed by atoms with E-state index in [1.165, 1.54) is 11.3 Å². The molecule has 110 valence electrons. The highest BCUT2D eigenvalue weighted by Crippen LogP contribution is 2.18. The number of alkyl halides is 2. The van der Waals surface area contributed by atoms with Gasteiger partial charge in [-0.1, -0.05) is 30.3 Å². The molecule has 2 N–H and O–H groups in total. The Kier molecular flexibility index (Phi) is 6.84. The first-order chi connectivity index (χ1) is 9.13. The summed E-state index contributed by atoms with van der Waals surface area (Å²) >= 11 is 1.33. The van der Waals surface area contributed by atoms with Crippen LogP contribution in [0.2, 0.25) is 0 Å². The number of halogens is 3. The maximum atomic E-state index is 12.6. The summed E-state index contributed by atoms with van der Waals surface area (Å²) in [7, 11) is 0. The van der Waals surface area contributed by atoms with Gasteiger partial charge in [-0.25, -0.2) is 13.8 Å². The second-order valence-electron chi connectivity index (χ2n) is 4.21. The smallest absolute Gasteiger partial charge is 0.251 e. The minimum atomic E-state index is -2.35. The number of nitrogens with zero attached hydrogens (tertiary/aromatic N) is 2. The van der Waals surface area contributed by atoms with Crippen LogP contribution in [-0.4, -0.2) is 22.9 Å². The molecule has 1 aromatic heterocycles. The maximum Gasteiger partial charge on any atom is 0.251 e. The van der Waals surface area contributed by atoms with E-state index in [9.17, 15) is 8.78 Å². The molecule has 0 aliphatic heterocycles. The highest BCUT2D eigenvalue weighted by molar-refractivity contribution is 7.15. The average Bonchev–Trinajstić information content (AvgIpc) is 2.75. The number of anilines is 1. The molecule has 0 unspecified atom stereocenters. The number of benzene rings is 1. The van der Waals surface area contributed by atoms with Crippen LogP contribution in [0.1, 0.15) is 10.4 Å². The van der Waals surface area contributed by atoms with E-state index in [0.29, 0.717) is 18.2 Å². The van der Waals surface area contributed by atoms with Crippen LogP contribution in [0.4, 0.5) is 13.9 Å². The predicted molar refractivity (Wildman–Crippen MR) is 80.3 cm³/mol. The van der Waals surface area contributed by atoms with Crippen molar-refractivity contribution in [1.82, 2.24) is 9.88 Å². The first-order valence-corrected chi connectivity index (χ1v) is 6.70. The summed E-state index contributed by atoms with van der Waals surface area (Å²) in [4.78, 5) is 6.54. The van der Waals surface area contributed by atoms with Crippen molar-refractivity contribution in [2.45, 2.75) is 19.5 Å². The monoisotopic (exact) mass is 319 g/mol. The van der Waals surface area contributed by atoms with E-state index < -0.39 is 6.43 Å². The first-order valence-electron chi connectivity index (χ1n) is 5.88. The van der Waals surface area contributed by atoms with Crippen LogP contribution in [0.5, 0.6) is 0 Å². The fraction of sp³-hybridized carbons (Fsp3) is 0.308. The summed E-state index contributed by atoms with van der Waals surface area (Å²) in [6.07, 6.45) is -0.710. The molecule has 0 spiro atoms. The van der Waals surface area contributed by atoms with E-state index in [1.807, 2.05) is 30.3 Å². The van der Waals surface area contributed by atoms with Crippen LogP contribution >= 0.6 is 23.7 Å². The molecular weight excluding hydrogens is 304 g/mol. The molecule has 2 aromatic rings. The lowest BCUT2D eigenvalue weighted by Crippen LogP contribution is -2.27. The molecule has 0 amide bonds. The molecule has 0 atom stereocenters.